The molecule has 1 atom stereocenters. The SMILES string of the molecule is CC(C)(C)c1ccccc1S(=O)(=O)N[C@@H](CNC(=O)c1cccc(N2CCC(CNc3ncccn3)CC2)c1)C(=O)O. The summed E-state index contributed by atoms with van der Waals surface area (Å²) in [5.41, 5.74) is 1.34. The van der Waals surface area contributed by atoms with E-state index >= 15 is 0 Å². The van der Waals surface area contributed by atoms with Crippen LogP contribution in [0.5, 0.6) is 0 Å². The number of amides is 1. The minimum atomic E-state index is -4.18. The van der Waals surface area contributed by atoms with Gasteiger partial charge in [0.15, 0.2) is 0 Å². The van der Waals surface area contributed by atoms with Crippen molar-refractivity contribution >= 4 is 33.5 Å². The third-order valence-corrected chi connectivity index (χ3v) is 8.78. The number of sulfonamides is 1. The number of nitrogens with zero attached hydrogens (tertiary/aromatic N) is 3. The second-order valence-electron chi connectivity index (χ2n) is 11.4. The molecule has 11 nitrogen and oxygen atoms in total. The van der Waals surface area contributed by atoms with Gasteiger partial charge in [-0.25, -0.2) is 18.4 Å². The van der Waals surface area contributed by atoms with Gasteiger partial charge in [0.1, 0.15) is 6.04 Å². The number of rotatable bonds is 11. The lowest BCUT2D eigenvalue weighted by Crippen LogP contribution is -2.48. The second kappa shape index (κ2) is 13.3. The highest BCUT2D eigenvalue weighted by atomic mass is 32.2. The molecule has 4 N–H and O–H groups in total. The van der Waals surface area contributed by atoms with Gasteiger partial charge in [0.2, 0.25) is 16.0 Å². The summed E-state index contributed by atoms with van der Waals surface area (Å²) in [4.78, 5) is 35.6. The molecule has 2 aromatic carbocycles. The van der Waals surface area contributed by atoms with Crippen molar-refractivity contribution < 1.29 is 23.1 Å². The lowest BCUT2D eigenvalue weighted by atomic mass is 9.87. The van der Waals surface area contributed by atoms with Gasteiger partial charge < -0.3 is 20.6 Å². The normalized spacial score (nSPS) is 15.2. The number of hydrogen-bond donors (Lipinski definition) is 4. The van der Waals surface area contributed by atoms with E-state index in [0.29, 0.717) is 23.0 Å². The van der Waals surface area contributed by atoms with E-state index in [4.69, 9.17) is 0 Å². The molecule has 1 saturated heterocycles. The second-order valence-corrected chi connectivity index (χ2v) is 13.1. The van der Waals surface area contributed by atoms with Gasteiger partial charge in [-0.3, -0.25) is 9.59 Å². The molecule has 42 heavy (non-hydrogen) atoms. The number of piperidine rings is 1. The summed E-state index contributed by atoms with van der Waals surface area (Å²) in [6, 6.07) is 13.8. The first-order valence-corrected chi connectivity index (χ1v) is 15.4. The number of aliphatic carboxylic acids is 1. The predicted molar refractivity (Wildman–Crippen MR) is 161 cm³/mol. The highest BCUT2D eigenvalue weighted by Gasteiger charge is 2.30. The van der Waals surface area contributed by atoms with Crippen LogP contribution in [-0.2, 0) is 20.2 Å². The van der Waals surface area contributed by atoms with Gasteiger partial charge in [0.25, 0.3) is 5.91 Å². The number of nitrogens with one attached hydrogen (secondary N) is 3. The lowest BCUT2D eigenvalue weighted by Gasteiger charge is -2.33. The molecule has 0 radical (unpaired) electrons. The molecule has 2 heterocycles. The molecule has 1 aliphatic heterocycles. The molecule has 4 rings (SSSR count). The fourth-order valence-electron chi connectivity index (χ4n) is 4.91. The average Bonchev–Trinajstić information content (AvgIpc) is 2.98. The van der Waals surface area contributed by atoms with Gasteiger partial charge in [-0.1, -0.05) is 45.0 Å². The van der Waals surface area contributed by atoms with Crippen molar-refractivity contribution in [2.75, 3.05) is 36.4 Å². The predicted octanol–water partition coefficient (Wildman–Crippen LogP) is 3.26. The molecule has 12 heteroatoms. The van der Waals surface area contributed by atoms with Crippen LogP contribution in [0.25, 0.3) is 0 Å². The number of benzene rings is 2. The summed E-state index contributed by atoms with van der Waals surface area (Å²) in [6.45, 7) is 7.66. The van der Waals surface area contributed by atoms with Crippen LogP contribution in [0.2, 0.25) is 0 Å². The molecule has 0 spiro atoms. The molecular formula is C30H38N6O5S. The van der Waals surface area contributed by atoms with Crippen molar-refractivity contribution in [3.05, 3.63) is 78.1 Å². The van der Waals surface area contributed by atoms with Crippen LogP contribution < -0.4 is 20.3 Å². The molecule has 1 amide bonds. The van der Waals surface area contributed by atoms with Gasteiger partial charge in [-0.15, -0.1) is 0 Å². The molecule has 224 valence electrons. The summed E-state index contributed by atoms with van der Waals surface area (Å²) in [6.07, 6.45) is 5.34. The lowest BCUT2D eigenvalue weighted by molar-refractivity contribution is -0.138. The molecule has 0 unspecified atom stereocenters. The highest BCUT2D eigenvalue weighted by Crippen LogP contribution is 2.29. The highest BCUT2D eigenvalue weighted by molar-refractivity contribution is 7.89. The van der Waals surface area contributed by atoms with Crippen LogP contribution in [0.3, 0.4) is 0 Å². The van der Waals surface area contributed by atoms with E-state index in [-0.39, 0.29) is 4.90 Å². The minimum absolute atomic E-state index is 0.00993. The molecular weight excluding hydrogens is 556 g/mol. The van der Waals surface area contributed by atoms with E-state index in [1.807, 2.05) is 26.8 Å². The molecule has 1 aliphatic rings. The fraction of sp³-hybridized carbons (Fsp3) is 0.400. The van der Waals surface area contributed by atoms with Gasteiger partial charge in [0, 0.05) is 49.8 Å². The first kappa shape index (κ1) is 30.9. The zero-order valence-electron chi connectivity index (χ0n) is 24.1. The van der Waals surface area contributed by atoms with Crippen molar-refractivity contribution in [2.45, 2.75) is 50.0 Å². The summed E-state index contributed by atoms with van der Waals surface area (Å²) >= 11 is 0. The topological polar surface area (TPSA) is 154 Å². The summed E-state index contributed by atoms with van der Waals surface area (Å²) < 4.78 is 28.6. The largest absolute Gasteiger partial charge is 0.480 e. The van der Waals surface area contributed by atoms with Crippen LogP contribution in [0.4, 0.5) is 11.6 Å². The molecule has 0 saturated carbocycles. The summed E-state index contributed by atoms with van der Waals surface area (Å²) in [7, 11) is -4.18. The van der Waals surface area contributed by atoms with Gasteiger partial charge >= 0.3 is 5.97 Å². The van der Waals surface area contributed by atoms with Gasteiger partial charge in [-0.2, -0.15) is 4.72 Å². The quantitative estimate of drug-likeness (QED) is 0.262. The monoisotopic (exact) mass is 594 g/mol. The molecule has 0 bridgehead atoms. The summed E-state index contributed by atoms with van der Waals surface area (Å²) in [5, 5.41) is 15.6. The summed E-state index contributed by atoms with van der Waals surface area (Å²) in [5.74, 6) is -0.786. The number of anilines is 2. The van der Waals surface area contributed by atoms with E-state index in [0.717, 1.165) is 38.2 Å². The Morgan fingerprint density at radius 2 is 1.71 bits per heavy atom. The van der Waals surface area contributed by atoms with Crippen LogP contribution in [0.1, 0.15) is 49.5 Å². The Kier molecular flexibility index (Phi) is 9.79. The standard InChI is InChI=1S/C30H38N6O5S/c1-30(2,3)24-10-4-5-11-26(24)42(40,41)35-25(28(38)39)20-33-27(37)22-8-6-9-23(18-22)36-16-12-21(13-17-36)19-34-29-31-14-7-15-32-29/h4-11,14-15,18,21,25,35H,12-13,16-17,19-20H2,1-3H3,(H,33,37)(H,38,39)(H,31,32,34)/t25-/m0/s1. The minimum Gasteiger partial charge on any atom is -0.480 e. The molecule has 1 aromatic heterocycles. The van der Waals surface area contributed by atoms with Crippen molar-refractivity contribution in [1.82, 2.24) is 20.0 Å². The van der Waals surface area contributed by atoms with Crippen LogP contribution in [0.15, 0.2) is 71.9 Å². The van der Waals surface area contributed by atoms with Crippen LogP contribution in [0, 0.1) is 5.92 Å². The van der Waals surface area contributed by atoms with Gasteiger partial charge in [0.05, 0.1) is 4.90 Å². The van der Waals surface area contributed by atoms with E-state index in [1.165, 1.54) is 6.07 Å². The first-order valence-electron chi connectivity index (χ1n) is 13.9. The first-order chi connectivity index (χ1) is 19.9. The molecule has 3 aromatic rings. The maximum Gasteiger partial charge on any atom is 0.323 e. The Balaban J connectivity index is 1.34. The molecule has 0 aliphatic carbocycles. The third-order valence-electron chi connectivity index (χ3n) is 7.25. The number of aromatic nitrogens is 2. The van der Waals surface area contributed by atoms with E-state index in [9.17, 15) is 23.1 Å². The molecule has 1 fully saturated rings. The van der Waals surface area contributed by atoms with E-state index in [2.05, 4.69) is 30.2 Å². The average molecular weight is 595 g/mol. The van der Waals surface area contributed by atoms with E-state index in [1.54, 1.807) is 54.9 Å². The van der Waals surface area contributed by atoms with Gasteiger partial charge in [-0.05, 0) is 60.1 Å². The van der Waals surface area contributed by atoms with Crippen LogP contribution in [-0.4, -0.2) is 67.6 Å². The maximum atomic E-state index is 13.2. The maximum absolute atomic E-state index is 13.2. The van der Waals surface area contributed by atoms with Crippen LogP contribution >= 0.6 is 0 Å². The number of carbonyl (C=O) groups excluding carboxylic acids is 1. The number of hydrogen-bond acceptors (Lipinski definition) is 8. The third kappa shape index (κ3) is 8.04. The number of carboxylic acids is 1. The van der Waals surface area contributed by atoms with Crippen molar-refractivity contribution in [2.24, 2.45) is 5.92 Å². The Labute approximate surface area is 246 Å². The van der Waals surface area contributed by atoms with Crippen molar-refractivity contribution in [1.29, 1.82) is 0 Å². The Morgan fingerprint density at radius 1 is 1.02 bits per heavy atom. The Hall–Kier alpha value is -4.03. The van der Waals surface area contributed by atoms with E-state index < -0.39 is 39.9 Å². The zero-order valence-corrected chi connectivity index (χ0v) is 24.9. The van der Waals surface area contributed by atoms with Crippen molar-refractivity contribution in [3.8, 4) is 0 Å². The van der Waals surface area contributed by atoms with Crippen molar-refractivity contribution in [3.63, 3.8) is 0 Å². The Bertz CT molecular complexity index is 1490. The fourth-order valence-corrected chi connectivity index (χ4v) is 6.52. The Morgan fingerprint density at radius 3 is 2.38 bits per heavy atom. The number of carbonyl (C=O) groups is 2. The number of carboxylic acid groups (broad SMARTS) is 1. The zero-order chi connectivity index (χ0) is 30.3. The smallest absolute Gasteiger partial charge is 0.323 e.